The molecule has 1 aromatic rings. The van der Waals surface area contributed by atoms with Crippen LogP contribution in [0.4, 0.5) is 0 Å². The number of nitrogens with one attached hydrogen (secondary N) is 1. The Hall–Kier alpha value is -0.820. The Morgan fingerprint density at radius 1 is 1.24 bits per heavy atom. The van der Waals surface area contributed by atoms with Crippen molar-refractivity contribution in [2.75, 3.05) is 0 Å². The molecule has 8 heteroatoms. The Morgan fingerprint density at radius 3 is 2.33 bits per heavy atom. The van der Waals surface area contributed by atoms with E-state index in [0.717, 1.165) is 37.8 Å². The van der Waals surface area contributed by atoms with Crippen molar-refractivity contribution in [2.45, 2.75) is 43.0 Å². The first-order chi connectivity index (χ1) is 9.65. The minimum Gasteiger partial charge on any atom is -0.478 e. The van der Waals surface area contributed by atoms with Crippen molar-refractivity contribution in [3.63, 3.8) is 0 Å². The van der Waals surface area contributed by atoms with Gasteiger partial charge < -0.3 is 5.11 Å². The van der Waals surface area contributed by atoms with E-state index in [1.165, 1.54) is 0 Å². The van der Waals surface area contributed by atoms with Gasteiger partial charge in [0.2, 0.25) is 10.0 Å². The summed E-state index contributed by atoms with van der Waals surface area (Å²) in [6.07, 6.45) is 3.38. The molecular weight excluding hydrogens is 337 g/mol. The second-order valence-electron chi connectivity index (χ2n) is 5.44. The number of hydrogen-bond donors (Lipinski definition) is 2. The lowest BCUT2D eigenvalue weighted by atomic mass is 10.0. The van der Waals surface area contributed by atoms with E-state index in [-0.39, 0.29) is 20.5 Å². The van der Waals surface area contributed by atoms with Gasteiger partial charge in [-0.15, -0.1) is 0 Å². The fourth-order valence-electron chi connectivity index (χ4n) is 2.54. The summed E-state index contributed by atoms with van der Waals surface area (Å²) in [7, 11) is -3.91. The minimum atomic E-state index is -3.91. The number of sulfonamides is 1. The second kappa shape index (κ2) is 5.76. The van der Waals surface area contributed by atoms with Crippen LogP contribution < -0.4 is 4.72 Å². The van der Waals surface area contributed by atoms with Crippen LogP contribution in [0, 0.1) is 0 Å². The molecule has 0 saturated heterocycles. The van der Waals surface area contributed by atoms with E-state index >= 15 is 0 Å². The molecule has 0 aliphatic heterocycles. The molecule has 1 saturated carbocycles. The summed E-state index contributed by atoms with van der Waals surface area (Å²) in [6.45, 7) is 1.83. The Balaban J connectivity index is 2.44. The molecule has 0 heterocycles. The van der Waals surface area contributed by atoms with Crippen LogP contribution in [0.5, 0.6) is 0 Å². The molecule has 2 rings (SSSR count). The molecule has 1 aliphatic rings. The molecule has 0 bridgehead atoms. The fraction of sp³-hybridized carbons (Fsp3) is 0.462. The van der Waals surface area contributed by atoms with Gasteiger partial charge in [0.15, 0.2) is 0 Å². The first kappa shape index (κ1) is 16.5. The summed E-state index contributed by atoms with van der Waals surface area (Å²) < 4.78 is 27.6. The number of benzene rings is 1. The molecule has 0 atom stereocenters. The van der Waals surface area contributed by atoms with Gasteiger partial charge in [-0.2, -0.15) is 0 Å². The first-order valence-corrected chi connectivity index (χ1v) is 8.65. The van der Waals surface area contributed by atoms with Crippen LogP contribution in [-0.2, 0) is 10.0 Å². The number of carbonyl (C=O) groups is 1. The lowest BCUT2D eigenvalue weighted by Gasteiger charge is -2.25. The van der Waals surface area contributed by atoms with E-state index in [2.05, 4.69) is 4.72 Å². The normalized spacial score (nSPS) is 17.9. The van der Waals surface area contributed by atoms with E-state index in [0.29, 0.717) is 0 Å². The molecule has 116 valence electrons. The zero-order chi connectivity index (χ0) is 15.8. The lowest BCUT2D eigenvalue weighted by Crippen LogP contribution is -2.43. The highest BCUT2D eigenvalue weighted by Gasteiger charge is 2.34. The largest absolute Gasteiger partial charge is 0.478 e. The summed E-state index contributed by atoms with van der Waals surface area (Å²) in [6, 6.07) is 2.13. The third kappa shape index (κ3) is 3.51. The van der Waals surface area contributed by atoms with Gasteiger partial charge in [0.1, 0.15) is 4.90 Å². The number of aromatic carboxylic acids is 1. The number of carboxylic acid groups (broad SMARTS) is 1. The molecule has 1 fully saturated rings. The predicted molar refractivity (Wildman–Crippen MR) is 80.6 cm³/mol. The molecule has 0 amide bonds. The third-order valence-electron chi connectivity index (χ3n) is 3.63. The molecule has 5 nitrogen and oxygen atoms in total. The van der Waals surface area contributed by atoms with Crippen molar-refractivity contribution in [1.82, 2.24) is 4.72 Å². The van der Waals surface area contributed by atoms with Crippen LogP contribution in [0.2, 0.25) is 10.0 Å². The summed E-state index contributed by atoms with van der Waals surface area (Å²) in [4.78, 5) is 10.8. The van der Waals surface area contributed by atoms with Gasteiger partial charge in [-0.1, -0.05) is 36.0 Å². The smallest absolute Gasteiger partial charge is 0.337 e. The number of rotatable bonds is 4. The highest BCUT2D eigenvalue weighted by Crippen LogP contribution is 2.33. The molecule has 0 radical (unpaired) electrons. The second-order valence-corrected chi connectivity index (χ2v) is 7.91. The van der Waals surface area contributed by atoms with Crippen molar-refractivity contribution in [3.05, 3.63) is 27.7 Å². The van der Waals surface area contributed by atoms with Crippen LogP contribution >= 0.6 is 23.2 Å². The predicted octanol–water partition coefficient (Wildman–Crippen LogP) is 3.30. The average Bonchev–Trinajstić information content (AvgIpc) is 2.73. The van der Waals surface area contributed by atoms with E-state index in [4.69, 9.17) is 28.3 Å². The summed E-state index contributed by atoms with van der Waals surface area (Å²) >= 11 is 11.7. The van der Waals surface area contributed by atoms with Crippen molar-refractivity contribution >= 4 is 39.2 Å². The highest BCUT2D eigenvalue weighted by atomic mass is 35.5. The van der Waals surface area contributed by atoms with Crippen molar-refractivity contribution in [1.29, 1.82) is 0 Å². The molecule has 21 heavy (non-hydrogen) atoms. The van der Waals surface area contributed by atoms with Crippen LogP contribution in [0.25, 0.3) is 0 Å². The molecule has 0 spiro atoms. The standard InChI is InChI=1S/C13H15Cl2NO4S/c1-13(4-2-3-5-13)16-21(19,20)11-6-8(12(17)18)9(14)7-10(11)15/h6-7,16H,2-5H2,1H3,(H,17,18). The average molecular weight is 352 g/mol. The number of carboxylic acids is 1. The number of halogens is 2. The molecule has 1 aromatic carbocycles. The van der Waals surface area contributed by atoms with Crippen molar-refractivity contribution in [3.8, 4) is 0 Å². The van der Waals surface area contributed by atoms with Crippen LogP contribution in [0.1, 0.15) is 43.0 Å². The Kier molecular flexibility index (Phi) is 4.54. The van der Waals surface area contributed by atoms with Gasteiger partial charge in [-0.3, -0.25) is 0 Å². The summed E-state index contributed by atoms with van der Waals surface area (Å²) in [5, 5.41) is 8.84. The topological polar surface area (TPSA) is 83.5 Å². The monoisotopic (exact) mass is 351 g/mol. The van der Waals surface area contributed by atoms with Crippen LogP contribution in [-0.4, -0.2) is 25.0 Å². The third-order valence-corrected chi connectivity index (χ3v) is 6.05. The van der Waals surface area contributed by atoms with Gasteiger partial charge >= 0.3 is 5.97 Å². The first-order valence-electron chi connectivity index (χ1n) is 6.41. The molecule has 0 unspecified atom stereocenters. The van der Waals surface area contributed by atoms with Crippen molar-refractivity contribution < 1.29 is 18.3 Å². The van der Waals surface area contributed by atoms with Crippen LogP contribution in [0.3, 0.4) is 0 Å². The van der Waals surface area contributed by atoms with Crippen molar-refractivity contribution in [2.24, 2.45) is 0 Å². The maximum Gasteiger partial charge on any atom is 0.337 e. The lowest BCUT2D eigenvalue weighted by molar-refractivity contribution is 0.0697. The van der Waals surface area contributed by atoms with E-state index in [1.54, 1.807) is 0 Å². The Morgan fingerprint density at radius 2 is 1.81 bits per heavy atom. The van der Waals surface area contributed by atoms with Gasteiger partial charge in [0.05, 0.1) is 15.6 Å². The summed E-state index contributed by atoms with van der Waals surface area (Å²) in [5.41, 5.74) is -0.816. The fourth-order valence-corrected chi connectivity index (χ4v) is 4.86. The minimum absolute atomic E-state index is 0.0981. The molecule has 1 aliphatic carbocycles. The molecule has 0 aromatic heterocycles. The maximum absolute atomic E-state index is 12.5. The highest BCUT2D eigenvalue weighted by molar-refractivity contribution is 7.89. The van der Waals surface area contributed by atoms with Gasteiger partial charge in [0.25, 0.3) is 0 Å². The van der Waals surface area contributed by atoms with E-state index in [1.807, 2.05) is 6.92 Å². The van der Waals surface area contributed by atoms with Gasteiger partial charge in [-0.25, -0.2) is 17.9 Å². The quantitative estimate of drug-likeness (QED) is 0.871. The SMILES string of the molecule is CC1(NS(=O)(=O)c2cc(C(=O)O)c(Cl)cc2Cl)CCCC1. The van der Waals surface area contributed by atoms with Crippen LogP contribution in [0.15, 0.2) is 17.0 Å². The molecular formula is C13H15Cl2NO4S. The summed E-state index contributed by atoms with van der Waals surface area (Å²) in [5.74, 6) is -1.31. The Bertz CT molecular complexity index is 682. The van der Waals surface area contributed by atoms with E-state index < -0.39 is 21.5 Å². The van der Waals surface area contributed by atoms with Gasteiger partial charge in [0, 0.05) is 5.54 Å². The molecule has 2 N–H and O–H groups in total. The zero-order valence-corrected chi connectivity index (χ0v) is 13.6. The number of hydrogen-bond acceptors (Lipinski definition) is 3. The Labute approximate surface area is 133 Å². The van der Waals surface area contributed by atoms with E-state index in [9.17, 15) is 13.2 Å². The zero-order valence-electron chi connectivity index (χ0n) is 11.3. The maximum atomic E-state index is 12.5. The van der Waals surface area contributed by atoms with Gasteiger partial charge in [-0.05, 0) is 31.9 Å².